The van der Waals surface area contributed by atoms with E-state index in [0.29, 0.717) is 11.3 Å². The number of hydrogen-bond acceptors (Lipinski definition) is 8. The van der Waals surface area contributed by atoms with Gasteiger partial charge in [-0.25, -0.2) is 4.98 Å². The van der Waals surface area contributed by atoms with E-state index in [1.54, 1.807) is 0 Å². The Morgan fingerprint density at radius 3 is 2.96 bits per heavy atom. The molecule has 1 atom stereocenters. The van der Waals surface area contributed by atoms with Gasteiger partial charge >= 0.3 is 0 Å². The third-order valence-electron chi connectivity index (χ3n) is 3.91. The fourth-order valence-electron chi connectivity index (χ4n) is 2.50. The normalized spacial score (nSPS) is 23.2. The first-order valence-electron chi connectivity index (χ1n) is 13.7. The molecule has 2 aromatic rings. The molecular formula is C19H27N5O4. The van der Waals surface area contributed by atoms with Crippen LogP contribution in [0, 0.1) is 0 Å². The Kier molecular flexibility index (Phi) is 3.22. The molecule has 28 heavy (non-hydrogen) atoms. The second-order valence-corrected chi connectivity index (χ2v) is 5.75. The zero-order valence-corrected chi connectivity index (χ0v) is 15.6. The molecule has 0 saturated carbocycles. The van der Waals surface area contributed by atoms with Crippen molar-refractivity contribution >= 4 is 28.6 Å². The highest BCUT2D eigenvalue weighted by Gasteiger charge is 2.22. The van der Waals surface area contributed by atoms with Gasteiger partial charge in [-0.05, 0) is 25.3 Å². The van der Waals surface area contributed by atoms with Crippen molar-refractivity contribution in [2.45, 2.75) is 25.3 Å². The summed E-state index contributed by atoms with van der Waals surface area (Å²) in [6.07, 6.45) is -4.08. The molecule has 0 spiro atoms. The number of hydrogen-bond donors (Lipinski definition) is 2. The monoisotopic (exact) mass is 400 g/mol. The summed E-state index contributed by atoms with van der Waals surface area (Å²) >= 11 is 0. The smallest absolute Gasteiger partial charge is 0.249 e. The predicted octanol–water partition coefficient (Wildman–Crippen LogP) is 1.35. The Labute approximate surface area is 179 Å². The summed E-state index contributed by atoms with van der Waals surface area (Å²) < 4.78 is 106. The fraction of sp³-hybridized carbons (Fsp3) is 0.526. The van der Waals surface area contributed by atoms with Gasteiger partial charge in [-0.1, -0.05) is 0 Å². The first-order valence-corrected chi connectivity index (χ1v) is 8.36. The zero-order chi connectivity index (χ0) is 29.7. The van der Waals surface area contributed by atoms with Crippen molar-refractivity contribution in [1.29, 1.82) is 0 Å². The van der Waals surface area contributed by atoms with E-state index >= 15 is 0 Å². The third kappa shape index (κ3) is 4.36. The van der Waals surface area contributed by atoms with Crippen LogP contribution >= 0.6 is 0 Å². The Hall–Kier alpha value is -2.81. The first-order chi connectivity index (χ1) is 18.0. The lowest BCUT2D eigenvalue weighted by molar-refractivity contribution is -0.130. The van der Waals surface area contributed by atoms with E-state index in [4.69, 9.17) is 29.4 Å². The van der Waals surface area contributed by atoms with Gasteiger partial charge in [0.25, 0.3) is 0 Å². The summed E-state index contributed by atoms with van der Waals surface area (Å²) in [5, 5.41) is -0.555. The van der Waals surface area contributed by atoms with Crippen molar-refractivity contribution < 1.29 is 34.2 Å². The maximum atomic E-state index is 12.6. The second kappa shape index (κ2) is 8.92. The van der Waals surface area contributed by atoms with Crippen LogP contribution in [-0.4, -0.2) is 62.8 Å². The molecule has 3 rings (SSSR count). The summed E-state index contributed by atoms with van der Waals surface area (Å²) in [5.41, 5.74) is -0.371. The number of methoxy groups -OCH3 is 2. The number of benzene rings is 1. The van der Waals surface area contributed by atoms with Gasteiger partial charge in [-0.2, -0.15) is 4.98 Å². The Bertz CT molecular complexity index is 1260. The van der Waals surface area contributed by atoms with Crippen LogP contribution in [0.3, 0.4) is 0 Å². The average molecular weight is 401 g/mol. The molecule has 2 heterocycles. The van der Waals surface area contributed by atoms with Crippen molar-refractivity contribution in [2.75, 3.05) is 51.5 Å². The van der Waals surface area contributed by atoms with Gasteiger partial charge in [0.1, 0.15) is 11.9 Å². The van der Waals surface area contributed by atoms with E-state index in [1.165, 1.54) is 14.2 Å². The number of amides is 1. The average Bonchev–Trinajstić information content (AvgIpc) is 3.43. The van der Waals surface area contributed by atoms with E-state index in [0.717, 1.165) is 7.05 Å². The minimum absolute atomic E-state index is 0.0138. The molecule has 152 valence electrons. The summed E-state index contributed by atoms with van der Waals surface area (Å²) in [5.74, 6) is -2.87. The summed E-state index contributed by atoms with van der Waals surface area (Å²) in [6.45, 7) is -6.69. The number of aromatic nitrogens is 2. The van der Waals surface area contributed by atoms with Gasteiger partial charge < -0.3 is 30.1 Å². The van der Waals surface area contributed by atoms with Gasteiger partial charge in [0.15, 0.2) is 15.7 Å². The topological polar surface area (TPSA) is 112 Å². The maximum absolute atomic E-state index is 12.6. The minimum Gasteiger partial charge on any atom is -0.493 e. The number of ether oxygens (including phenoxy) is 3. The second-order valence-electron chi connectivity index (χ2n) is 5.75. The molecule has 0 aliphatic carbocycles. The predicted molar refractivity (Wildman–Crippen MR) is 107 cm³/mol. The number of carbonyl (C=O) groups is 1. The molecule has 1 amide bonds. The quantitative estimate of drug-likeness (QED) is 0.649. The Balaban J connectivity index is 2.16. The molecule has 0 radical (unpaired) electrons. The lowest BCUT2D eigenvalue weighted by Crippen LogP contribution is -2.36. The number of anilines is 2. The van der Waals surface area contributed by atoms with Gasteiger partial charge in [-0.15, -0.1) is 0 Å². The largest absolute Gasteiger partial charge is 0.493 e. The van der Waals surface area contributed by atoms with Crippen molar-refractivity contribution in [3.05, 3.63) is 12.1 Å². The number of nitrogens with zero attached hydrogens (tertiary/aromatic N) is 3. The molecule has 1 fully saturated rings. The summed E-state index contributed by atoms with van der Waals surface area (Å²) in [7, 11) is 3.38. The molecule has 0 bridgehead atoms. The van der Waals surface area contributed by atoms with E-state index in [1.807, 2.05) is 0 Å². The number of rotatable bonds is 9. The number of carbonyl (C=O) groups excluding carboxylic acids is 1. The Morgan fingerprint density at radius 2 is 2.29 bits per heavy atom. The standard InChI is InChI=1S/C19H27N5O4/c1-24(8-5-7-21-18(25)14-6-4-9-28-14)19-22-13-11-16(27-3)15(26-2)10-12(13)17(20)23-19/h10-11,14H,4-9H2,1-3H3,(H,21,25)(H2,20,22,23)/i5D2,7D2,8D2,10D,11D/hD3. The minimum atomic E-state index is -3.60. The SMILES string of the molecule is [2H]c1c(OC)c(OC)c([2H])c2c(N([2H])[2H])nc(N(C)C([2H])([2H])C([2H])([2H])C([2H])([2H])N([2H])C(=O)C3CCCO3)nc12. The van der Waals surface area contributed by atoms with Crippen LogP contribution in [0.25, 0.3) is 10.9 Å². The van der Waals surface area contributed by atoms with Gasteiger partial charge in [0.05, 0.1) is 22.5 Å². The van der Waals surface area contributed by atoms with Crippen LogP contribution in [0.2, 0.25) is 4.24 Å². The van der Waals surface area contributed by atoms with E-state index in [9.17, 15) is 4.79 Å². The van der Waals surface area contributed by atoms with E-state index in [-0.39, 0.29) is 46.5 Å². The van der Waals surface area contributed by atoms with Crippen LogP contribution in [0.1, 0.15) is 30.2 Å². The number of nitrogens with two attached hydrogens (primary N) is 1. The van der Waals surface area contributed by atoms with E-state index < -0.39 is 55.2 Å². The van der Waals surface area contributed by atoms with Gasteiger partial charge in [0.2, 0.25) is 11.9 Å². The van der Waals surface area contributed by atoms with Crippen molar-refractivity contribution in [2.24, 2.45) is 0 Å². The highest BCUT2D eigenvalue weighted by atomic mass is 16.5. The molecule has 1 saturated heterocycles. The fourth-order valence-corrected chi connectivity index (χ4v) is 2.50. The van der Waals surface area contributed by atoms with Crippen molar-refractivity contribution in [3.63, 3.8) is 0 Å². The van der Waals surface area contributed by atoms with Crippen LogP contribution < -0.4 is 25.4 Å². The molecule has 1 aliphatic heterocycles. The molecule has 1 unspecified atom stereocenters. The summed E-state index contributed by atoms with van der Waals surface area (Å²) in [4.78, 5) is 21.0. The third-order valence-corrected chi connectivity index (χ3v) is 3.91. The number of nitrogen functional groups attached to an aromatic ring is 1. The highest BCUT2D eigenvalue weighted by Crippen LogP contribution is 2.33. The summed E-state index contributed by atoms with van der Waals surface area (Å²) in [6, 6.07) is -0.889. The molecular weight excluding hydrogens is 362 g/mol. The highest BCUT2D eigenvalue weighted by molar-refractivity contribution is 5.91. The van der Waals surface area contributed by atoms with Crippen LogP contribution in [0.5, 0.6) is 11.5 Å². The number of fused-ring (bicyclic) bond motifs is 1. The molecule has 3 N–H and O–H groups in total. The van der Waals surface area contributed by atoms with Gasteiger partial charge in [-0.3, -0.25) is 4.79 Å². The van der Waals surface area contributed by atoms with Crippen LogP contribution in [0.15, 0.2) is 12.1 Å². The van der Waals surface area contributed by atoms with Crippen LogP contribution in [-0.2, 0) is 9.53 Å². The van der Waals surface area contributed by atoms with E-state index in [2.05, 4.69) is 9.97 Å². The molecule has 1 aliphatic rings. The van der Waals surface area contributed by atoms with Gasteiger partial charge in [0, 0.05) is 46.3 Å². The molecule has 9 heteroatoms. The zero-order valence-electron chi connectivity index (χ0n) is 26.6. The number of nitrogens with one attached hydrogen (secondary N) is 1. The lowest BCUT2D eigenvalue weighted by atomic mass is 10.2. The van der Waals surface area contributed by atoms with Crippen molar-refractivity contribution in [3.8, 4) is 11.5 Å². The molecule has 1 aromatic carbocycles. The molecule has 1 aromatic heterocycles. The maximum Gasteiger partial charge on any atom is 0.249 e. The lowest BCUT2D eigenvalue weighted by Gasteiger charge is -2.19. The first kappa shape index (κ1) is 10.1. The molecule has 9 nitrogen and oxygen atoms in total. The Morgan fingerprint density at radius 1 is 1.50 bits per heavy atom. The van der Waals surface area contributed by atoms with Crippen molar-refractivity contribution in [1.82, 2.24) is 15.3 Å². The van der Waals surface area contributed by atoms with Crippen LogP contribution in [0.4, 0.5) is 11.8 Å².